The molecule has 0 aliphatic rings. The molecule has 0 radical (unpaired) electrons. The van der Waals surface area contributed by atoms with E-state index in [-0.39, 0.29) is 31.3 Å². The molecule has 0 saturated heterocycles. The monoisotopic (exact) mass is 759 g/mol. The molecule has 0 spiro atoms. The summed E-state index contributed by atoms with van der Waals surface area (Å²) >= 11 is 0. The number of rotatable bonds is 40. The number of carbonyl (C=O) groups is 2. The minimum atomic E-state index is -0.802. The van der Waals surface area contributed by atoms with Gasteiger partial charge in [-0.2, -0.15) is 0 Å². The SMILES string of the molecule is CCC(C)CCCCCCCCCCCCCCCCCCCCC(=O)O[C@@H](CO)COC(=O)CCC/C=C\C/C=C\C/C=C\C/C=C\CC[C@@H](O)CC. The molecule has 0 rings (SSSR count). The minimum Gasteiger partial charge on any atom is -0.462 e. The summed E-state index contributed by atoms with van der Waals surface area (Å²) in [5.74, 6) is 0.240. The van der Waals surface area contributed by atoms with E-state index in [9.17, 15) is 19.8 Å². The Morgan fingerprint density at radius 1 is 0.519 bits per heavy atom. The lowest BCUT2D eigenvalue weighted by atomic mass is 9.99. The molecule has 3 atom stereocenters. The first kappa shape index (κ1) is 51.8. The van der Waals surface area contributed by atoms with Crippen molar-refractivity contribution in [2.24, 2.45) is 5.92 Å². The Balaban J connectivity index is 3.59. The van der Waals surface area contributed by atoms with Gasteiger partial charge >= 0.3 is 11.9 Å². The van der Waals surface area contributed by atoms with Crippen LogP contribution in [0.2, 0.25) is 0 Å². The largest absolute Gasteiger partial charge is 0.462 e. The van der Waals surface area contributed by atoms with Gasteiger partial charge in [0.15, 0.2) is 6.10 Å². The van der Waals surface area contributed by atoms with Gasteiger partial charge in [-0.05, 0) is 63.7 Å². The fourth-order valence-electron chi connectivity index (χ4n) is 6.33. The lowest BCUT2D eigenvalue weighted by Gasteiger charge is -2.15. The zero-order valence-corrected chi connectivity index (χ0v) is 35.5. The third-order valence-corrected chi connectivity index (χ3v) is 10.3. The van der Waals surface area contributed by atoms with Gasteiger partial charge in [0, 0.05) is 12.8 Å². The Hall–Kier alpha value is -2.18. The molecular formula is C48H86O6. The summed E-state index contributed by atoms with van der Waals surface area (Å²) in [7, 11) is 0. The van der Waals surface area contributed by atoms with Crippen LogP contribution in [-0.2, 0) is 19.1 Å². The molecule has 0 aromatic carbocycles. The Morgan fingerprint density at radius 3 is 1.41 bits per heavy atom. The van der Waals surface area contributed by atoms with Crippen molar-refractivity contribution in [3.05, 3.63) is 48.6 Å². The summed E-state index contributed by atoms with van der Waals surface area (Å²) in [6.45, 7) is 6.22. The highest BCUT2D eigenvalue weighted by Gasteiger charge is 2.16. The van der Waals surface area contributed by atoms with E-state index < -0.39 is 6.10 Å². The average molecular weight is 759 g/mol. The molecule has 2 N–H and O–H groups in total. The van der Waals surface area contributed by atoms with Gasteiger partial charge in [-0.25, -0.2) is 0 Å². The average Bonchev–Trinajstić information content (AvgIpc) is 3.18. The van der Waals surface area contributed by atoms with Crippen molar-refractivity contribution in [1.82, 2.24) is 0 Å². The van der Waals surface area contributed by atoms with Crippen molar-refractivity contribution in [3.8, 4) is 0 Å². The Morgan fingerprint density at radius 2 is 0.944 bits per heavy atom. The molecule has 314 valence electrons. The van der Waals surface area contributed by atoms with Crippen molar-refractivity contribution in [2.45, 2.75) is 226 Å². The highest BCUT2D eigenvalue weighted by molar-refractivity contribution is 5.70. The zero-order chi connectivity index (χ0) is 39.6. The molecule has 54 heavy (non-hydrogen) atoms. The summed E-state index contributed by atoms with van der Waals surface area (Å²) in [6.07, 6.45) is 49.8. The summed E-state index contributed by atoms with van der Waals surface area (Å²) < 4.78 is 10.6. The van der Waals surface area contributed by atoms with Gasteiger partial charge in [0.25, 0.3) is 0 Å². The summed E-state index contributed by atoms with van der Waals surface area (Å²) in [4.78, 5) is 24.3. The molecule has 0 fully saturated rings. The van der Waals surface area contributed by atoms with E-state index in [1.807, 2.05) is 6.92 Å². The molecule has 0 heterocycles. The maximum absolute atomic E-state index is 12.2. The lowest BCUT2D eigenvalue weighted by molar-refractivity contribution is -0.161. The van der Waals surface area contributed by atoms with E-state index in [1.165, 1.54) is 109 Å². The number of hydrogen-bond acceptors (Lipinski definition) is 6. The smallest absolute Gasteiger partial charge is 0.306 e. The molecule has 0 aromatic heterocycles. The normalized spacial score (nSPS) is 13.8. The quantitative estimate of drug-likeness (QED) is 0.0367. The van der Waals surface area contributed by atoms with Gasteiger partial charge in [0.05, 0.1) is 12.7 Å². The lowest BCUT2D eigenvalue weighted by Crippen LogP contribution is -2.28. The van der Waals surface area contributed by atoms with Crippen LogP contribution < -0.4 is 0 Å². The van der Waals surface area contributed by atoms with E-state index in [2.05, 4.69) is 62.5 Å². The Bertz CT molecular complexity index is 937. The second-order valence-electron chi connectivity index (χ2n) is 15.5. The van der Waals surface area contributed by atoms with E-state index in [0.29, 0.717) is 19.3 Å². The van der Waals surface area contributed by atoms with Crippen LogP contribution in [0.5, 0.6) is 0 Å². The Kier molecular flexibility index (Phi) is 40.3. The number of hydrogen-bond donors (Lipinski definition) is 2. The van der Waals surface area contributed by atoms with Crippen molar-refractivity contribution in [2.75, 3.05) is 13.2 Å². The first-order valence-corrected chi connectivity index (χ1v) is 22.7. The van der Waals surface area contributed by atoms with Crippen LogP contribution in [0.4, 0.5) is 0 Å². The van der Waals surface area contributed by atoms with E-state index in [0.717, 1.165) is 70.1 Å². The number of esters is 2. The molecule has 1 unspecified atom stereocenters. The molecule has 0 amide bonds. The minimum absolute atomic E-state index is 0.103. The van der Waals surface area contributed by atoms with Gasteiger partial charge < -0.3 is 19.7 Å². The number of aliphatic hydroxyl groups excluding tert-OH is 2. The summed E-state index contributed by atoms with van der Waals surface area (Å²) in [5.41, 5.74) is 0. The van der Waals surface area contributed by atoms with Crippen molar-refractivity contribution < 1.29 is 29.3 Å². The maximum atomic E-state index is 12.2. The number of ether oxygens (including phenoxy) is 2. The van der Waals surface area contributed by atoms with Gasteiger partial charge in [0.2, 0.25) is 0 Å². The van der Waals surface area contributed by atoms with Crippen molar-refractivity contribution in [1.29, 1.82) is 0 Å². The topological polar surface area (TPSA) is 93.1 Å². The second-order valence-corrected chi connectivity index (χ2v) is 15.5. The van der Waals surface area contributed by atoms with Gasteiger partial charge in [-0.3, -0.25) is 9.59 Å². The van der Waals surface area contributed by atoms with Crippen molar-refractivity contribution in [3.63, 3.8) is 0 Å². The predicted molar refractivity (Wildman–Crippen MR) is 230 cm³/mol. The Labute approximate surface area is 333 Å². The van der Waals surface area contributed by atoms with Crippen LogP contribution in [0.15, 0.2) is 48.6 Å². The van der Waals surface area contributed by atoms with E-state index >= 15 is 0 Å². The number of allylic oxidation sites excluding steroid dienone is 8. The van der Waals surface area contributed by atoms with E-state index in [4.69, 9.17) is 9.47 Å². The molecular weight excluding hydrogens is 673 g/mol. The van der Waals surface area contributed by atoms with Gasteiger partial charge in [0.1, 0.15) is 6.61 Å². The summed E-state index contributed by atoms with van der Waals surface area (Å²) in [6, 6.07) is 0. The first-order valence-electron chi connectivity index (χ1n) is 22.7. The number of carbonyl (C=O) groups excluding carboxylic acids is 2. The molecule has 6 nitrogen and oxygen atoms in total. The first-order chi connectivity index (χ1) is 26.4. The van der Waals surface area contributed by atoms with Gasteiger partial charge in [-0.1, -0.05) is 191 Å². The molecule has 0 aliphatic carbocycles. The molecule has 0 bridgehead atoms. The third kappa shape index (κ3) is 39.5. The predicted octanol–water partition coefficient (Wildman–Crippen LogP) is 13.4. The zero-order valence-electron chi connectivity index (χ0n) is 35.5. The molecule has 0 aromatic rings. The van der Waals surface area contributed by atoms with Crippen LogP contribution in [0.25, 0.3) is 0 Å². The van der Waals surface area contributed by atoms with Crippen LogP contribution in [0.1, 0.15) is 213 Å². The molecule has 0 aliphatic heterocycles. The fraction of sp³-hybridized carbons (Fsp3) is 0.792. The highest BCUT2D eigenvalue weighted by Crippen LogP contribution is 2.17. The van der Waals surface area contributed by atoms with Crippen LogP contribution >= 0.6 is 0 Å². The molecule has 6 heteroatoms. The van der Waals surface area contributed by atoms with Crippen LogP contribution in [-0.4, -0.2) is 47.6 Å². The van der Waals surface area contributed by atoms with E-state index in [1.54, 1.807) is 0 Å². The summed E-state index contributed by atoms with van der Waals surface area (Å²) in [5, 5.41) is 19.1. The second kappa shape index (κ2) is 42.0. The maximum Gasteiger partial charge on any atom is 0.306 e. The fourth-order valence-corrected chi connectivity index (χ4v) is 6.33. The van der Waals surface area contributed by atoms with Crippen LogP contribution in [0, 0.1) is 5.92 Å². The third-order valence-electron chi connectivity index (χ3n) is 10.3. The van der Waals surface area contributed by atoms with Crippen molar-refractivity contribution >= 4 is 11.9 Å². The number of aliphatic hydroxyl groups is 2. The number of unbranched alkanes of at least 4 members (excludes halogenated alkanes) is 18. The van der Waals surface area contributed by atoms with Gasteiger partial charge in [-0.15, -0.1) is 0 Å². The van der Waals surface area contributed by atoms with Crippen LogP contribution in [0.3, 0.4) is 0 Å². The standard InChI is InChI=1S/C48H86O6/c1-4-44(3)38-34-30-26-22-18-14-10-8-6-7-9-11-17-21-25-29-33-37-41-48(52)54-46(42-49)43-53-47(51)40-36-32-28-24-20-16-13-12-15-19-23-27-31-35-39-45(50)5-2/h13,15-16,19,24,27-28,31,44-46,49-50H,4-12,14,17-18,20-23,25-26,29-30,32-43H2,1-3H3/b16-13-,19-15-,28-24-,31-27-/t44?,45-,46-/m0/s1. The molecule has 0 saturated carbocycles. The highest BCUT2D eigenvalue weighted by atomic mass is 16.6.